The van der Waals surface area contributed by atoms with Crippen LogP contribution in [0, 0.1) is 11.8 Å². The zero-order valence-corrected chi connectivity index (χ0v) is 11.3. The number of rotatable bonds is 1. The molecule has 4 atom stereocenters. The number of fused-ring (bicyclic) bond motifs is 1. The van der Waals surface area contributed by atoms with Crippen molar-refractivity contribution in [1.29, 1.82) is 0 Å². The summed E-state index contributed by atoms with van der Waals surface area (Å²) in [6.45, 7) is 3.76. The minimum absolute atomic E-state index is 0.269. The molecule has 2 rings (SSSR count). The molecule has 0 bridgehead atoms. The highest BCUT2D eigenvalue weighted by molar-refractivity contribution is 5.76. The average molecular weight is 264 g/mol. The maximum Gasteiger partial charge on any atom is 0.309 e. The summed E-state index contributed by atoms with van der Waals surface area (Å²) in [5.41, 5.74) is 1.72. The largest absolute Gasteiger partial charge is 0.457 e. The molecule has 1 fully saturated rings. The lowest BCUT2D eigenvalue weighted by atomic mass is 9.82. The Morgan fingerprint density at radius 3 is 2.89 bits per heavy atom. The molecule has 19 heavy (non-hydrogen) atoms. The normalized spacial score (nSPS) is 35.8. The Bertz CT molecular complexity index is 435. The third-order valence-corrected chi connectivity index (χ3v) is 4.02. The Balaban J connectivity index is 2.31. The second-order valence-corrected chi connectivity index (χ2v) is 5.49. The topological polar surface area (TPSA) is 63.6 Å². The van der Waals surface area contributed by atoms with Gasteiger partial charge in [-0.15, -0.1) is 0 Å². The molecule has 0 spiro atoms. The summed E-state index contributed by atoms with van der Waals surface area (Å²) in [7, 11) is 0. The van der Waals surface area contributed by atoms with Crippen molar-refractivity contribution in [1.82, 2.24) is 0 Å². The minimum atomic E-state index is -0.731. The van der Waals surface area contributed by atoms with Gasteiger partial charge in [-0.25, -0.2) is 0 Å². The Morgan fingerprint density at radius 2 is 2.21 bits per heavy atom. The van der Waals surface area contributed by atoms with Gasteiger partial charge in [-0.3, -0.25) is 9.59 Å². The van der Waals surface area contributed by atoms with Gasteiger partial charge in [0, 0.05) is 12.3 Å². The van der Waals surface area contributed by atoms with Crippen LogP contribution in [0.1, 0.15) is 33.1 Å². The zero-order valence-electron chi connectivity index (χ0n) is 11.3. The van der Waals surface area contributed by atoms with Gasteiger partial charge in [0.05, 0.1) is 12.0 Å². The van der Waals surface area contributed by atoms with Crippen LogP contribution < -0.4 is 0 Å². The van der Waals surface area contributed by atoms with Gasteiger partial charge in [0.25, 0.3) is 0 Å². The molecule has 1 N–H and O–H groups in total. The van der Waals surface area contributed by atoms with Crippen LogP contribution in [0.2, 0.25) is 0 Å². The van der Waals surface area contributed by atoms with E-state index in [2.05, 4.69) is 0 Å². The Labute approximate surface area is 113 Å². The minimum Gasteiger partial charge on any atom is -0.457 e. The molecule has 104 valence electrons. The van der Waals surface area contributed by atoms with E-state index in [0.717, 1.165) is 24.7 Å². The molecule has 0 aromatic rings. The van der Waals surface area contributed by atoms with Gasteiger partial charge in [0.1, 0.15) is 12.4 Å². The van der Waals surface area contributed by atoms with E-state index in [-0.39, 0.29) is 23.9 Å². The van der Waals surface area contributed by atoms with Gasteiger partial charge >= 0.3 is 5.97 Å². The molecule has 1 aliphatic heterocycles. The highest BCUT2D eigenvalue weighted by Gasteiger charge is 2.44. The van der Waals surface area contributed by atoms with E-state index < -0.39 is 6.10 Å². The molecule has 0 amide bonds. The van der Waals surface area contributed by atoms with Crippen molar-refractivity contribution >= 4 is 12.3 Å². The molecule has 1 saturated heterocycles. The molecule has 0 aromatic carbocycles. The lowest BCUT2D eigenvalue weighted by molar-refractivity contribution is -0.142. The number of aliphatic hydroxyl groups excluding tert-OH is 1. The highest BCUT2D eigenvalue weighted by atomic mass is 16.6. The summed E-state index contributed by atoms with van der Waals surface area (Å²) in [5.74, 6) is -0.880. The molecule has 0 saturated carbocycles. The van der Waals surface area contributed by atoms with Crippen LogP contribution in [0.3, 0.4) is 0 Å². The molecule has 1 heterocycles. The van der Waals surface area contributed by atoms with Gasteiger partial charge < -0.3 is 9.84 Å². The molecule has 0 aromatic heterocycles. The van der Waals surface area contributed by atoms with Gasteiger partial charge in [0.2, 0.25) is 0 Å². The number of ether oxygens (including phenoxy) is 1. The van der Waals surface area contributed by atoms with Crippen LogP contribution in [0.15, 0.2) is 23.3 Å². The molecule has 2 aliphatic rings. The quantitative estimate of drug-likeness (QED) is 0.445. The van der Waals surface area contributed by atoms with Crippen molar-refractivity contribution in [2.45, 2.75) is 45.3 Å². The van der Waals surface area contributed by atoms with E-state index in [1.54, 1.807) is 6.92 Å². The molecular formula is C15H20O4. The first-order valence-corrected chi connectivity index (χ1v) is 6.73. The maximum atomic E-state index is 11.7. The lowest BCUT2D eigenvalue weighted by Crippen LogP contribution is -2.32. The number of aldehydes is 1. The van der Waals surface area contributed by atoms with Gasteiger partial charge in [-0.05, 0) is 31.4 Å². The van der Waals surface area contributed by atoms with E-state index in [4.69, 9.17) is 4.74 Å². The number of esters is 1. The summed E-state index contributed by atoms with van der Waals surface area (Å²) in [6, 6.07) is 0. The molecular weight excluding hydrogens is 244 g/mol. The predicted octanol–water partition coefficient (Wildman–Crippen LogP) is 1.78. The molecule has 4 heteroatoms. The zero-order chi connectivity index (χ0) is 14.0. The first kappa shape index (κ1) is 14.0. The van der Waals surface area contributed by atoms with E-state index in [1.807, 2.05) is 19.1 Å². The van der Waals surface area contributed by atoms with E-state index in [1.165, 1.54) is 0 Å². The molecule has 4 unspecified atom stereocenters. The highest BCUT2D eigenvalue weighted by Crippen LogP contribution is 2.35. The van der Waals surface area contributed by atoms with Crippen LogP contribution in [-0.2, 0) is 14.3 Å². The van der Waals surface area contributed by atoms with Gasteiger partial charge in [0.15, 0.2) is 0 Å². The number of carbonyl (C=O) groups is 2. The summed E-state index contributed by atoms with van der Waals surface area (Å²) in [4.78, 5) is 22.7. The third-order valence-electron chi connectivity index (χ3n) is 4.02. The fraction of sp³-hybridized carbons (Fsp3) is 0.600. The summed E-state index contributed by atoms with van der Waals surface area (Å²) >= 11 is 0. The van der Waals surface area contributed by atoms with Crippen molar-refractivity contribution in [2.75, 3.05) is 0 Å². The van der Waals surface area contributed by atoms with Crippen molar-refractivity contribution in [3.05, 3.63) is 23.3 Å². The summed E-state index contributed by atoms with van der Waals surface area (Å²) in [6.07, 6.45) is 5.39. The average Bonchev–Trinajstić information content (AvgIpc) is 2.63. The van der Waals surface area contributed by atoms with Crippen LogP contribution in [-0.4, -0.2) is 29.6 Å². The SMILES string of the molecule is CC1=CC2OC(=O)C(C)C2C(O)CC(C=O)=CCC1. The van der Waals surface area contributed by atoms with Crippen LogP contribution in [0.4, 0.5) is 0 Å². The van der Waals surface area contributed by atoms with E-state index >= 15 is 0 Å². The fourth-order valence-electron chi connectivity index (χ4n) is 2.87. The van der Waals surface area contributed by atoms with E-state index in [9.17, 15) is 14.7 Å². The standard InChI is InChI=1S/C15H20O4/c1-9-4-3-5-11(8-16)7-12(17)14-10(2)15(18)19-13(14)6-9/h5-6,8,10,12-14,17H,3-4,7H2,1-2H3. The van der Waals surface area contributed by atoms with Crippen LogP contribution in [0.25, 0.3) is 0 Å². The Morgan fingerprint density at radius 1 is 1.47 bits per heavy atom. The number of aliphatic hydroxyl groups is 1. The third kappa shape index (κ3) is 2.95. The Hall–Kier alpha value is -1.42. The second kappa shape index (κ2) is 5.70. The Kier molecular flexibility index (Phi) is 4.20. The van der Waals surface area contributed by atoms with Crippen molar-refractivity contribution in [3.63, 3.8) is 0 Å². The number of hydrogen-bond acceptors (Lipinski definition) is 4. The number of hydrogen-bond donors (Lipinski definition) is 1. The predicted molar refractivity (Wildman–Crippen MR) is 70.3 cm³/mol. The molecule has 4 nitrogen and oxygen atoms in total. The van der Waals surface area contributed by atoms with Gasteiger partial charge in [-0.2, -0.15) is 0 Å². The monoisotopic (exact) mass is 264 g/mol. The van der Waals surface area contributed by atoms with Gasteiger partial charge in [-0.1, -0.05) is 18.6 Å². The smallest absolute Gasteiger partial charge is 0.309 e. The lowest BCUT2D eigenvalue weighted by Gasteiger charge is -2.24. The summed E-state index contributed by atoms with van der Waals surface area (Å²) in [5, 5.41) is 10.3. The van der Waals surface area contributed by atoms with Crippen molar-refractivity contribution in [3.8, 4) is 0 Å². The number of allylic oxidation sites excluding steroid dienone is 2. The van der Waals surface area contributed by atoms with Crippen molar-refractivity contribution < 1.29 is 19.4 Å². The maximum absolute atomic E-state index is 11.7. The molecule has 1 aliphatic carbocycles. The number of carbonyl (C=O) groups excluding carboxylic acids is 2. The van der Waals surface area contributed by atoms with E-state index in [0.29, 0.717) is 12.0 Å². The first-order chi connectivity index (χ1) is 9.02. The second-order valence-electron chi connectivity index (χ2n) is 5.49. The summed E-state index contributed by atoms with van der Waals surface area (Å²) < 4.78 is 5.34. The van der Waals surface area contributed by atoms with Crippen molar-refractivity contribution in [2.24, 2.45) is 11.8 Å². The van der Waals surface area contributed by atoms with Crippen LogP contribution >= 0.6 is 0 Å². The molecule has 0 radical (unpaired) electrons. The fourth-order valence-corrected chi connectivity index (χ4v) is 2.87. The van der Waals surface area contributed by atoms with Crippen LogP contribution in [0.5, 0.6) is 0 Å². The first-order valence-electron chi connectivity index (χ1n) is 6.73.